The molecule has 0 aliphatic carbocycles. The molecule has 6 heteroatoms. The van der Waals surface area contributed by atoms with Crippen molar-refractivity contribution in [2.75, 3.05) is 7.05 Å². The fourth-order valence-corrected chi connectivity index (χ4v) is 4.45. The van der Waals surface area contributed by atoms with E-state index in [-0.39, 0.29) is 17.3 Å². The van der Waals surface area contributed by atoms with E-state index in [9.17, 15) is 10.1 Å². The van der Waals surface area contributed by atoms with Gasteiger partial charge in [-0.25, -0.2) is 4.99 Å². The number of amides is 1. The van der Waals surface area contributed by atoms with Crippen molar-refractivity contribution in [1.29, 1.82) is 5.26 Å². The van der Waals surface area contributed by atoms with E-state index >= 15 is 0 Å². The molecule has 1 aliphatic rings. The van der Waals surface area contributed by atoms with Crippen molar-refractivity contribution in [1.82, 2.24) is 9.88 Å². The van der Waals surface area contributed by atoms with Gasteiger partial charge in [-0.2, -0.15) is 5.26 Å². The van der Waals surface area contributed by atoms with Crippen LogP contribution in [0.25, 0.3) is 11.3 Å². The predicted molar refractivity (Wildman–Crippen MR) is 134 cm³/mol. The molecule has 0 unspecified atom stereocenters. The summed E-state index contributed by atoms with van der Waals surface area (Å²) in [6.45, 7) is 8.43. The number of aliphatic imine (C=N–C) groups is 1. The third-order valence-corrected chi connectivity index (χ3v) is 6.57. The number of hydrogen-bond donors (Lipinski definition) is 1. The second-order valence-electron chi connectivity index (χ2n) is 9.94. The molecule has 1 aromatic heterocycles. The van der Waals surface area contributed by atoms with Gasteiger partial charge in [-0.15, -0.1) is 0 Å². The van der Waals surface area contributed by atoms with Crippen molar-refractivity contribution in [3.8, 4) is 17.3 Å². The quantitative estimate of drug-likeness (QED) is 0.624. The van der Waals surface area contributed by atoms with E-state index in [0.717, 1.165) is 16.7 Å². The predicted octanol–water partition coefficient (Wildman–Crippen LogP) is 4.70. The molecule has 172 valence electrons. The zero-order chi connectivity index (χ0) is 24.7. The highest BCUT2D eigenvalue weighted by atomic mass is 16.2. The van der Waals surface area contributed by atoms with Crippen LogP contribution < -0.4 is 5.73 Å². The minimum atomic E-state index is -0.929. The molecule has 6 nitrogen and oxygen atoms in total. The standard InChI is InChI=1S/C28H29N5O/c1-27(2,3)21-11-9-19(10-12-21)24-25(34)33(5)26(30)32-28(24,4)22-13-14-31-23(16-22)20-8-6-7-18(15-20)17-29/h6-16,24H,1-5H3,(H2,30,32)/t24-,28+/m0/s1. The Morgan fingerprint density at radius 2 is 1.79 bits per heavy atom. The SMILES string of the molecule is CN1C(=O)[C@H](c2ccc(C(C)(C)C)cc2)[C@@](C)(c2ccnc(-c3cccc(C#N)c3)c2)N=C1N. The largest absolute Gasteiger partial charge is 0.369 e. The van der Waals surface area contributed by atoms with E-state index in [2.05, 4.69) is 44.0 Å². The Morgan fingerprint density at radius 1 is 1.09 bits per heavy atom. The van der Waals surface area contributed by atoms with Crippen LogP contribution in [0.3, 0.4) is 0 Å². The Hall–Kier alpha value is -3.98. The molecule has 4 rings (SSSR count). The van der Waals surface area contributed by atoms with Crippen LogP contribution in [0.4, 0.5) is 0 Å². The molecule has 0 saturated heterocycles. The van der Waals surface area contributed by atoms with E-state index in [1.165, 1.54) is 10.5 Å². The number of hydrogen-bond acceptors (Lipinski definition) is 5. The van der Waals surface area contributed by atoms with Crippen molar-refractivity contribution in [3.63, 3.8) is 0 Å². The minimum Gasteiger partial charge on any atom is -0.369 e. The monoisotopic (exact) mass is 451 g/mol. The summed E-state index contributed by atoms with van der Waals surface area (Å²) in [6.07, 6.45) is 1.71. The van der Waals surface area contributed by atoms with Crippen molar-refractivity contribution in [2.24, 2.45) is 10.7 Å². The van der Waals surface area contributed by atoms with Gasteiger partial charge in [0, 0.05) is 18.8 Å². The highest BCUT2D eigenvalue weighted by molar-refractivity contribution is 6.02. The summed E-state index contributed by atoms with van der Waals surface area (Å²) in [7, 11) is 1.66. The van der Waals surface area contributed by atoms with Gasteiger partial charge in [0.25, 0.3) is 0 Å². The summed E-state index contributed by atoms with van der Waals surface area (Å²) in [4.78, 5) is 24.3. The lowest BCUT2D eigenvalue weighted by molar-refractivity contribution is -0.130. The van der Waals surface area contributed by atoms with Gasteiger partial charge in [-0.05, 0) is 53.3 Å². The molecule has 1 aliphatic heterocycles. The highest BCUT2D eigenvalue weighted by Crippen LogP contribution is 2.44. The van der Waals surface area contributed by atoms with Crippen molar-refractivity contribution in [2.45, 2.75) is 44.6 Å². The number of aromatic nitrogens is 1. The first-order chi connectivity index (χ1) is 16.0. The summed E-state index contributed by atoms with van der Waals surface area (Å²) < 4.78 is 0. The molecule has 2 N–H and O–H groups in total. The number of likely N-dealkylation sites (N-methyl/N-ethyl adjacent to an activating group) is 1. The number of pyridine rings is 1. The molecule has 0 saturated carbocycles. The van der Waals surface area contributed by atoms with Crippen LogP contribution in [0, 0.1) is 11.3 Å². The number of nitrogens with two attached hydrogens (primary N) is 1. The molecule has 0 spiro atoms. The third-order valence-electron chi connectivity index (χ3n) is 6.57. The van der Waals surface area contributed by atoms with E-state index in [4.69, 9.17) is 10.7 Å². The van der Waals surface area contributed by atoms with Crippen LogP contribution >= 0.6 is 0 Å². The average molecular weight is 452 g/mol. The van der Waals surface area contributed by atoms with Gasteiger partial charge in [0.1, 0.15) is 5.54 Å². The molecule has 2 aromatic carbocycles. The Morgan fingerprint density at radius 3 is 2.44 bits per heavy atom. The normalized spacial score (nSPS) is 20.6. The molecule has 0 fully saturated rings. The number of carbonyl (C=O) groups excluding carboxylic acids is 1. The topological polar surface area (TPSA) is 95.4 Å². The van der Waals surface area contributed by atoms with Crippen LogP contribution in [0.2, 0.25) is 0 Å². The second-order valence-corrected chi connectivity index (χ2v) is 9.94. The maximum Gasteiger partial charge on any atom is 0.239 e. The first-order valence-electron chi connectivity index (χ1n) is 11.2. The van der Waals surface area contributed by atoms with Gasteiger partial charge in [0.05, 0.1) is 23.2 Å². The van der Waals surface area contributed by atoms with Gasteiger partial charge >= 0.3 is 0 Å². The first-order valence-corrected chi connectivity index (χ1v) is 11.2. The fraction of sp³-hybridized carbons (Fsp3) is 0.286. The molecule has 2 atom stereocenters. The van der Waals surface area contributed by atoms with Gasteiger partial charge in [0.2, 0.25) is 5.91 Å². The number of benzene rings is 2. The molecule has 0 radical (unpaired) electrons. The van der Waals surface area contributed by atoms with E-state index < -0.39 is 11.5 Å². The Balaban J connectivity index is 1.85. The van der Waals surface area contributed by atoms with Crippen LogP contribution in [0.1, 0.15) is 55.9 Å². The van der Waals surface area contributed by atoms with Crippen LogP contribution in [0.15, 0.2) is 71.9 Å². The lowest BCUT2D eigenvalue weighted by Gasteiger charge is -2.41. The van der Waals surface area contributed by atoms with Gasteiger partial charge in [-0.3, -0.25) is 14.7 Å². The summed E-state index contributed by atoms with van der Waals surface area (Å²) in [6, 6.07) is 21.5. The van der Waals surface area contributed by atoms with E-state index in [1.54, 1.807) is 25.4 Å². The summed E-state index contributed by atoms with van der Waals surface area (Å²) >= 11 is 0. The summed E-state index contributed by atoms with van der Waals surface area (Å²) in [5.41, 5.74) is 10.3. The maximum absolute atomic E-state index is 13.6. The Kier molecular flexibility index (Phi) is 5.74. The van der Waals surface area contributed by atoms with Crippen molar-refractivity contribution in [3.05, 3.63) is 89.1 Å². The zero-order valence-corrected chi connectivity index (χ0v) is 20.2. The van der Waals surface area contributed by atoms with Gasteiger partial charge < -0.3 is 5.73 Å². The van der Waals surface area contributed by atoms with Gasteiger partial charge in [-0.1, -0.05) is 57.2 Å². The zero-order valence-electron chi connectivity index (χ0n) is 20.2. The average Bonchev–Trinajstić information content (AvgIpc) is 2.82. The van der Waals surface area contributed by atoms with Crippen molar-refractivity contribution >= 4 is 11.9 Å². The number of nitriles is 1. The minimum absolute atomic E-state index is 0.00967. The second kappa shape index (κ2) is 8.42. The first kappa shape index (κ1) is 23.2. The van der Waals surface area contributed by atoms with E-state index in [0.29, 0.717) is 11.3 Å². The van der Waals surface area contributed by atoms with Crippen LogP contribution in [-0.2, 0) is 15.7 Å². The fourth-order valence-electron chi connectivity index (χ4n) is 4.45. The molecule has 2 heterocycles. The highest BCUT2D eigenvalue weighted by Gasteiger charge is 2.47. The molecule has 0 bridgehead atoms. The number of guanidine groups is 1. The number of rotatable bonds is 3. The molecular weight excluding hydrogens is 422 g/mol. The lowest BCUT2D eigenvalue weighted by Crippen LogP contribution is -2.52. The van der Waals surface area contributed by atoms with Crippen molar-refractivity contribution < 1.29 is 4.79 Å². The number of nitrogens with zero attached hydrogens (tertiary/aromatic N) is 4. The Labute approximate surface area is 200 Å². The number of carbonyl (C=O) groups is 1. The molecule has 3 aromatic rings. The summed E-state index contributed by atoms with van der Waals surface area (Å²) in [5.74, 6) is -0.484. The Bertz CT molecular complexity index is 1310. The molecule has 34 heavy (non-hydrogen) atoms. The lowest BCUT2D eigenvalue weighted by atomic mass is 9.73. The molecule has 1 amide bonds. The van der Waals surface area contributed by atoms with Crippen LogP contribution in [0.5, 0.6) is 0 Å². The molecular formula is C28H29N5O. The van der Waals surface area contributed by atoms with E-state index in [1.807, 2.05) is 43.3 Å². The summed E-state index contributed by atoms with van der Waals surface area (Å²) in [5, 5.41) is 9.28. The maximum atomic E-state index is 13.6. The van der Waals surface area contributed by atoms with Crippen LogP contribution in [-0.4, -0.2) is 28.8 Å². The smallest absolute Gasteiger partial charge is 0.239 e. The third kappa shape index (κ3) is 4.06. The van der Waals surface area contributed by atoms with Gasteiger partial charge in [0.15, 0.2) is 5.96 Å².